The van der Waals surface area contributed by atoms with E-state index in [2.05, 4.69) is 34.8 Å². The number of H-pyrrole nitrogens is 2. The second-order valence-electron chi connectivity index (χ2n) is 7.28. The third-order valence-corrected chi connectivity index (χ3v) is 5.70. The van der Waals surface area contributed by atoms with Crippen molar-refractivity contribution < 1.29 is 4.39 Å². The minimum Gasteiger partial charge on any atom is -0.355 e. The highest BCUT2D eigenvalue weighted by atomic mass is 35.5. The quantitative estimate of drug-likeness (QED) is 0.532. The van der Waals surface area contributed by atoms with E-state index in [1.54, 1.807) is 24.8 Å². The summed E-state index contributed by atoms with van der Waals surface area (Å²) in [7, 11) is 0. The first-order valence-electron chi connectivity index (χ1n) is 9.54. The minimum absolute atomic E-state index is 0.144. The molecule has 3 aromatic heterocycles. The third-order valence-electron chi connectivity index (χ3n) is 5.41. The number of anilines is 1. The molecule has 0 atom stereocenters. The number of nitrogens with zero attached hydrogens (tertiary/aromatic N) is 5. The van der Waals surface area contributed by atoms with Gasteiger partial charge in [-0.25, -0.2) is 24.3 Å². The van der Waals surface area contributed by atoms with E-state index in [9.17, 15) is 4.39 Å². The maximum absolute atomic E-state index is 13.3. The molecule has 1 aliphatic rings. The van der Waals surface area contributed by atoms with Crippen LogP contribution in [0.3, 0.4) is 0 Å². The van der Waals surface area contributed by atoms with Crippen LogP contribution in [0.2, 0.25) is 5.02 Å². The van der Waals surface area contributed by atoms with Crippen molar-refractivity contribution in [3.05, 3.63) is 65.0 Å². The van der Waals surface area contributed by atoms with Gasteiger partial charge in [0.1, 0.15) is 23.5 Å². The van der Waals surface area contributed by atoms with Gasteiger partial charge in [0.05, 0.1) is 11.3 Å². The van der Waals surface area contributed by atoms with Gasteiger partial charge in [-0.2, -0.15) is 0 Å². The number of nitrogens with one attached hydrogen (secondary N) is 2. The second kappa shape index (κ2) is 7.44. The number of imidazole rings is 2. The van der Waals surface area contributed by atoms with Crippen LogP contribution in [0.25, 0.3) is 11.2 Å². The largest absolute Gasteiger partial charge is 0.355 e. The highest BCUT2D eigenvalue weighted by molar-refractivity contribution is 6.30. The van der Waals surface area contributed by atoms with Crippen molar-refractivity contribution in [2.45, 2.75) is 25.2 Å². The Hall–Kier alpha value is -3.00. The Morgan fingerprint density at radius 3 is 2.83 bits per heavy atom. The predicted molar refractivity (Wildman–Crippen MR) is 109 cm³/mol. The van der Waals surface area contributed by atoms with Gasteiger partial charge in [0, 0.05) is 37.3 Å². The molecule has 4 aromatic rings. The summed E-state index contributed by atoms with van der Waals surface area (Å²) in [5.41, 5.74) is 3.52. The van der Waals surface area contributed by atoms with Gasteiger partial charge in [-0.1, -0.05) is 17.7 Å². The number of benzene rings is 1. The van der Waals surface area contributed by atoms with Crippen molar-refractivity contribution in [3.63, 3.8) is 0 Å². The fourth-order valence-electron chi connectivity index (χ4n) is 3.90. The van der Waals surface area contributed by atoms with E-state index in [0.717, 1.165) is 54.3 Å². The maximum Gasteiger partial charge on any atom is 0.182 e. The van der Waals surface area contributed by atoms with Gasteiger partial charge in [-0.3, -0.25) is 0 Å². The summed E-state index contributed by atoms with van der Waals surface area (Å²) in [5.74, 6) is 1.88. The average Bonchev–Trinajstić information content (AvgIpc) is 3.40. The molecule has 5 rings (SSSR count). The minimum atomic E-state index is -0.399. The van der Waals surface area contributed by atoms with E-state index in [1.165, 1.54) is 6.07 Å². The highest BCUT2D eigenvalue weighted by Crippen LogP contribution is 2.30. The normalized spacial score (nSPS) is 15.3. The molecule has 0 bridgehead atoms. The standard InChI is InChI=1S/C20H19ClFN7/c21-15-8-12(1-2-16(15)22)7-14-9-23-18(28-14)13-3-5-29(6-4-13)20-17-19(25-10-24-17)26-11-27-20/h1-2,8-11,13H,3-7H2,(H,23,28)(H,24,25,26,27). The summed E-state index contributed by atoms with van der Waals surface area (Å²) >= 11 is 5.88. The van der Waals surface area contributed by atoms with Crippen molar-refractivity contribution in [2.24, 2.45) is 0 Å². The van der Waals surface area contributed by atoms with Gasteiger partial charge >= 0.3 is 0 Å². The van der Waals surface area contributed by atoms with E-state index in [0.29, 0.717) is 18.0 Å². The molecule has 0 radical (unpaired) electrons. The van der Waals surface area contributed by atoms with Crippen molar-refractivity contribution in [3.8, 4) is 0 Å². The lowest BCUT2D eigenvalue weighted by Gasteiger charge is -2.32. The van der Waals surface area contributed by atoms with Gasteiger partial charge in [0.25, 0.3) is 0 Å². The van der Waals surface area contributed by atoms with Crippen molar-refractivity contribution in [2.75, 3.05) is 18.0 Å². The Kier molecular flexibility index (Phi) is 4.63. The van der Waals surface area contributed by atoms with Crippen LogP contribution in [0.5, 0.6) is 0 Å². The van der Waals surface area contributed by atoms with Crippen LogP contribution in [0.4, 0.5) is 10.2 Å². The Balaban J connectivity index is 1.25. The van der Waals surface area contributed by atoms with Crippen molar-refractivity contribution in [1.82, 2.24) is 29.9 Å². The fraction of sp³-hybridized carbons (Fsp3) is 0.300. The van der Waals surface area contributed by atoms with Crippen LogP contribution in [0, 0.1) is 5.82 Å². The molecule has 148 valence electrons. The number of rotatable bonds is 4. The Morgan fingerprint density at radius 1 is 1.14 bits per heavy atom. The Labute approximate surface area is 171 Å². The van der Waals surface area contributed by atoms with Crippen LogP contribution in [-0.4, -0.2) is 43.0 Å². The first-order chi connectivity index (χ1) is 14.2. The van der Waals surface area contributed by atoms with Gasteiger partial charge in [0.15, 0.2) is 11.5 Å². The molecule has 0 spiro atoms. The number of aromatic amines is 2. The zero-order valence-electron chi connectivity index (χ0n) is 15.6. The lowest BCUT2D eigenvalue weighted by atomic mass is 9.96. The van der Waals surface area contributed by atoms with Gasteiger partial charge in [-0.05, 0) is 30.5 Å². The fourth-order valence-corrected chi connectivity index (χ4v) is 4.10. The molecule has 4 heterocycles. The molecule has 2 N–H and O–H groups in total. The number of hydrogen-bond donors (Lipinski definition) is 2. The van der Waals surface area contributed by atoms with Gasteiger partial charge < -0.3 is 14.9 Å². The van der Waals surface area contributed by atoms with Crippen LogP contribution in [0.15, 0.2) is 37.1 Å². The molecule has 29 heavy (non-hydrogen) atoms. The monoisotopic (exact) mass is 411 g/mol. The first-order valence-corrected chi connectivity index (χ1v) is 9.92. The van der Waals surface area contributed by atoms with E-state index in [-0.39, 0.29) is 5.02 Å². The van der Waals surface area contributed by atoms with Gasteiger partial charge in [-0.15, -0.1) is 0 Å². The molecule has 9 heteroatoms. The number of halogens is 2. The van der Waals surface area contributed by atoms with Crippen LogP contribution in [-0.2, 0) is 6.42 Å². The van der Waals surface area contributed by atoms with Crippen LogP contribution in [0.1, 0.15) is 35.8 Å². The van der Waals surface area contributed by atoms with Crippen molar-refractivity contribution in [1.29, 1.82) is 0 Å². The SMILES string of the molecule is Fc1ccc(Cc2cnc(C3CCN(c4ncnc5nc[nH]c45)CC3)[nH]2)cc1Cl. The van der Waals surface area contributed by atoms with E-state index < -0.39 is 5.82 Å². The highest BCUT2D eigenvalue weighted by Gasteiger charge is 2.25. The first kappa shape index (κ1) is 18.1. The molecule has 1 aromatic carbocycles. The Morgan fingerprint density at radius 2 is 2.00 bits per heavy atom. The molecular weight excluding hydrogens is 393 g/mol. The summed E-state index contributed by atoms with van der Waals surface area (Å²) < 4.78 is 13.3. The molecular formula is C20H19ClFN7. The molecule has 7 nitrogen and oxygen atoms in total. The second-order valence-corrected chi connectivity index (χ2v) is 7.69. The average molecular weight is 412 g/mol. The molecule has 0 unspecified atom stereocenters. The van der Waals surface area contributed by atoms with Crippen LogP contribution < -0.4 is 4.90 Å². The summed E-state index contributed by atoms with van der Waals surface area (Å²) in [4.78, 5) is 26.3. The molecule has 1 saturated heterocycles. The predicted octanol–water partition coefficient (Wildman–Crippen LogP) is 3.84. The van der Waals surface area contributed by atoms with E-state index in [1.807, 2.05) is 6.20 Å². The number of fused-ring (bicyclic) bond motifs is 1. The topological polar surface area (TPSA) is 86.4 Å². The molecule has 1 fully saturated rings. The molecule has 0 aliphatic carbocycles. The molecule has 0 saturated carbocycles. The Bertz CT molecular complexity index is 1150. The third kappa shape index (κ3) is 3.55. The lowest BCUT2D eigenvalue weighted by Crippen LogP contribution is -2.34. The maximum atomic E-state index is 13.3. The zero-order chi connectivity index (χ0) is 19.8. The molecule has 1 aliphatic heterocycles. The summed E-state index contributed by atoms with van der Waals surface area (Å²) in [6.45, 7) is 1.78. The van der Waals surface area contributed by atoms with Crippen molar-refractivity contribution >= 4 is 28.6 Å². The summed E-state index contributed by atoms with van der Waals surface area (Å²) in [6, 6.07) is 4.81. The smallest absolute Gasteiger partial charge is 0.182 e. The zero-order valence-corrected chi connectivity index (χ0v) is 16.3. The number of aromatic nitrogens is 6. The van der Waals surface area contributed by atoms with Gasteiger partial charge in [0.2, 0.25) is 0 Å². The van der Waals surface area contributed by atoms with E-state index >= 15 is 0 Å². The van der Waals surface area contributed by atoms with Crippen LogP contribution >= 0.6 is 11.6 Å². The summed E-state index contributed by atoms with van der Waals surface area (Å²) in [6.07, 6.45) is 7.67. The van der Waals surface area contributed by atoms with E-state index in [4.69, 9.17) is 11.6 Å². The summed E-state index contributed by atoms with van der Waals surface area (Å²) in [5, 5.41) is 0.144. The lowest BCUT2D eigenvalue weighted by molar-refractivity contribution is 0.486. The molecule has 0 amide bonds. The number of hydrogen-bond acceptors (Lipinski definition) is 5. The number of piperidine rings is 1.